The number of halogens is 1. The first-order valence-electron chi connectivity index (χ1n) is 13.2. The van der Waals surface area contributed by atoms with Crippen LogP contribution in [-0.2, 0) is 26.2 Å². The fourth-order valence-corrected chi connectivity index (χ4v) is 6.00. The second-order valence-corrected chi connectivity index (χ2v) is 12.3. The van der Waals surface area contributed by atoms with Gasteiger partial charge in [0.05, 0.1) is 17.7 Å². The van der Waals surface area contributed by atoms with Gasteiger partial charge in [0.2, 0.25) is 11.8 Å². The van der Waals surface area contributed by atoms with Gasteiger partial charge in [0.1, 0.15) is 18.3 Å². The van der Waals surface area contributed by atoms with Crippen molar-refractivity contribution in [2.24, 2.45) is 0 Å². The molecule has 0 aromatic heterocycles. The summed E-state index contributed by atoms with van der Waals surface area (Å²) in [7, 11) is -2.51. The van der Waals surface area contributed by atoms with E-state index in [2.05, 4.69) is 27.9 Å². The number of hydrogen-bond acceptors (Lipinski definition) is 5. The molecule has 0 fully saturated rings. The standard InChI is InChI=1S/C30H36IN3O5S/c1-4-6-20-32-30(36)28(5-2)33(21-23-12-18-26(39-3)19-13-23)29(35)22-34(25-16-14-24(31)15-17-25)40(37,38)27-10-8-7-9-11-27/h7-19,28H,4-6,20-22H2,1-3H3,(H,32,36)/t28-/m0/s1. The average Bonchev–Trinajstić information content (AvgIpc) is 2.97. The van der Waals surface area contributed by atoms with Crippen LogP contribution in [0.1, 0.15) is 38.7 Å². The first-order chi connectivity index (χ1) is 19.2. The van der Waals surface area contributed by atoms with E-state index in [0.29, 0.717) is 24.4 Å². The molecule has 10 heteroatoms. The van der Waals surface area contributed by atoms with E-state index in [1.165, 1.54) is 17.0 Å². The van der Waals surface area contributed by atoms with Crippen LogP contribution in [-0.4, -0.2) is 51.4 Å². The quantitative estimate of drug-likeness (QED) is 0.187. The van der Waals surface area contributed by atoms with E-state index in [4.69, 9.17) is 4.74 Å². The van der Waals surface area contributed by atoms with Crippen LogP contribution in [0, 0.1) is 3.57 Å². The molecular weight excluding hydrogens is 641 g/mol. The molecule has 1 atom stereocenters. The Balaban J connectivity index is 2.01. The van der Waals surface area contributed by atoms with Crippen molar-refractivity contribution in [2.75, 3.05) is 24.5 Å². The van der Waals surface area contributed by atoms with Crippen molar-refractivity contribution in [1.29, 1.82) is 0 Å². The summed E-state index contributed by atoms with van der Waals surface area (Å²) in [5.41, 5.74) is 1.16. The van der Waals surface area contributed by atoms with Crippen LogP contribution in [0.4, 0.5) is 5.69 Å². The number of methoxy groups -OCH3 is 1. The highest BCUT2D eigenvalue weighted by Gasteiger charge is 2.33. The molecule has 3 aromatic rings. The summed E-state index contributed by atoms with van der Waals surface area (Å²) in [4.78, 5) is 28.8. The first kappa shape index (κ1) is 31.4. The number of anilines is 1. The first-order valence-corrected chi connectivity index (χ1v) is 15.8. The lowest BCUT2D eigenvalue weighted by atomic mass is 10.1. The Morgan fingerprint density at radius 1 is 0.950 bits per heavy atom. The molecule has 0 radical (unpaired) electrons. The maximum absolute atomic E-state index is 14.0. The summed E-state index contributed by atoms with van der Waals surface area (Å²) < 4.78 is 34.9. The van der Waals surface area contributed by atoms with Gasteiger partial charge in [-0.1, -0.05) is 50.6 Å². The molecule has 0 aliphatic rings. The Bertz CT molecular complexity index is 1350. The predicted molar refractivity (Wildman–Crippen MR) is 166 cm³/mol. The smallest absolute Gasteiger partial charge is 0.264 e. The number of nitrogens with zero attached hydrogens (tertiary/aromatic N) is 2. The molecule has 0 aliphatic heterocycles. The monoisotopic (exact) mass is 677 g/mol. The molecular formula is C30H36IN3O5S. The zero-order valence-electron chi connectivity index (χ0n) is 23.0. The second-order valence-electron chi connectivity index (χ2n) is 9.24. The van der Waals surface area contributed by atoms with Crippen LogP contribution in [0.5, 0.6) is 5.75 Å². The minimum absolute atomic E-state index is 0.0763. The zero-order valence-corrected chi connectivity index (χ0v) is 26.0. The summed E-state index contributed by atoms with van der Waals surface area (Å²) in [6.07, 6.45) is 2.12. The van der Waals surface area contributed by atoms with Crippen LogP contribution in [0.2, 0.25) is 0 Å². The Morgan fingerprint density at radius 2 is 1.60 bits per heavy atom. The van der Waals surface area contributed by atoms with E-state index in [0.717, 1.165) is 26.3 Å². The van der Waals surface area contributed by atoms with E-state index in [-0.39, 0.29) is 17.3 Å². The van der Waals surface area contributed by atoms with Gasteiger partial charge in [-0.25, -0.2) is 8.42 Å². The molecule has 0 bridgehead atoms. The second kappa shape index (κ2) is 15.0. The van der Waals surface area contributed by atoms with Crippen molar-refractivity contribution in [2.45, 2.75) is 50.6 Å². The molecule has 1 N–H and O–H groups in total. The van der Waals surface area contributed by atoms with Crippen molar-refractivity contribution in [3.63, 3.8) is 0 Å². The van der Waals surface area contributed by atoms with Crippen LogP contribution in [0.25, 0.3) is 0 Å². The number of unbranched alkanes of at least 4 members (excludes halogenated alkanes) is 1. The highest BCUT2D eigenvalue weighted by molar-refractivity contribution is 14.1. The lowest BCUT2D eigenvalue weighted by molar-refractivity contribution is -0.140. The Morgan fingerprint density at radius 3 is 2.17 bits per heavy atom. The maximum Gasteiger partial charge on any atom is 0.264 e. The van der Waals surface area contributed by atoms with Crippen LogP contribution in [0.15, 0.2) is 83.8 Å². The molecule has 3 rings (SSSR count). The Hall–Kier alpha value is -3.12. The summed E-state index contributed by atoms with van der Waals surface area (Å²) in [6.45, 7) is 4.06. The molecule has 3 aromatic carbocycles. The number of nitrogens with one attached hydrogen (secondary N) is 1. The lowest BCUT2D eigenvalue weighted by Gasteiger charge is -2.33. The maximum atomic E-state index is 14.0. The number of rotatable bonds is 14. The third-order valence-electron chi connectivity index (χ3n) is 6.45. The summed E-state index contributed by atoms with van der Waals surface area (Å²) in [5, 5.41) is 2.94. The number of benzene rings is 3. The minimum atomic E-state index is -4.08. The predicted octanol–water partition coefficient (Wildman–Crippen LogP) is 5.22. The largest absolute Gasteiger partial charge is 0.497 e. The topological polar surface area (TPSA) is 96.0 Å². The van der Waals surface area contributed by atoms with E-state index in [1.54, 1.807) is 61.7 Å². The van der Waals surface area contributed by atoms with E-state index in [1.807, 2.05) is 26.0 Å². The van der Waals surface area contributed by atoms with Crippen molar-refractivity contribution in [3.05, 3.63) is 88.0 Å². The van der Waals surface area contributed by atoms with Gasteiger partial charge in [-0.15, -0.1) is 0 Å². The van der Waals surface area contributed by atoms with Crippen molar-refractivity contribution >= 4 is 50.1 Å². The van der Waals surface area contributed by atoms with Gasteiger partial charge in [-0.3, -0.25) is 13.9 Å². The normalized spacial score (nSPS) is 11.9. The molecule has 214 valence electrons. The van der Waals surface area contributed by atoms with Gasteiger partial charge in [-0.2, -0.15) is 0 Å². The molecule has 2 amide bonds. The third-order valence-corrected chi connectivity index (χ3v) is 8.96. The minimum Gasteiger partial charge on any atom is -0.497 e. The molecule has 0 spiro atoms. The van der Waals surface area contributed by atoms with Crippen molar-refractivity contribution in [3.8, 4) is 5.75 Å². The molecule has 40 heavy (non-hydrogen) atoms. The molecule has 0 unspecified atom stereocenters. The van der Waals surface area contributed by atoms with E-state index >= 15 is 0 Å². The van der Waals surface area contributed by atoms with Gasteiger partial charge in [0.25, 0.3) is 10.0 Å². The summed E-state index contributed by atoms with van der Waals surface area (Å²) >= 11 is 2.14. The number of amides is 2. The average molecular weight is 678 g/mol. The van der Waals surface area contributed by atoms with Gasteiger partial charge in [0.15, 0.2) is 0 Å². The lowest BCUT2D eigenvalue weighted by Crippen LogP contribution is -2.52. The van der Waals surface area contributed by atoms with Gasteiger partial charge < -0.3 is 15.0 Å². The number of carbonyl (C=O) groups excluding carboxylic acids is 2. The molecule has 0 saturated heterocycles. The highest BCUT2D eigenvalue weighted by Crippen LogP contribution is 2.26. The summed E-state index contributed by atoms with van der Waals surface area (Å²) in [5.74, 6) is -0.0688. The highest BCUT2D eigenvalue weighted by atomic mass is 127. The van der Waals surface area contributed by atoms with Gasteiger partial charge in [-0.05, 0) is 89.5 Å². The number of hydrogen-bond donors (Lipinski definition) is 1. The number of sulfonamides is 1. The van der Waals surface area contributed by atoms with Gasteiger partial charge >= 0.3 is 0 Å². The molecule has 8 nitrogen and oxygen atoms in total. The van der Waals surface area contributed by atoms with Crippen molar-refractivity contribution in [1.82, 2.24) is 10.2 Å². The Kier molecular flexibility index (Phi) is 11.8. The molecule has 0 heterocycles. The van der Waals surface area contributed by atoms with Crippen LogP contribution < -0.4 is 14.4 Å². The van der Waals surface area contributed by atoms with E-state index < -0.39 is 28.5 Å². The van der Waals surface area contributed by atoms with Gasteiger partial charge in [0, 0.05) is 16.7 Å². The fraction of sp³-hybridized carbons (Fsp3) is 0.333. The molecule has 0 aliphatic carbocycles. The SMILES string of the molecule is CCCCNC(=O)[C@H](CC)N(Cc1ccc(OC)cc1)C(=O)CN(c1ccc(I)cc1)S(=O)(=O)c1ccccc1. The number of carbonyl (C=O) groups is 2. The van der Waals surface area contributed by atoms with Crippen molar-refractivity contribution < 1.29 is 22.7 Å². The molecule has 0 saturated carbocycles. The van der Waals surface area contributed by atoms with Crippen LogP contribution >= 0.6 is 22.6 Å². The van der Waals surface area contributed by atoms with E-state index in [9.17, 15) is 18.0 Å². The fourth-order valence-electron chi connectivity index (χ4n) is 4.21. The zero-order chi connectivity index (χ0) is 29.1. The summed E-state index contributed by atoms with van der Waals surface area (Å²) in [6, 6.07) is 21.4. The van der Waals surface area contributed by atoms with Crippen LogP contribution in [0.3, 0.4) is 0 Å². The number of ether oxygens (including phenoxy) is 1. The third kappa shape index (κ3) is 8.20. The Labute approximate surface area is 250 Å².